The molecule has 1 rings (SSSR count). The van der Waals surface area contributed by atoms with E-state index in [0.29, 0.717) is 0 Å². The second kappa shape index (κ2) is 5.32. The van der Waals surface area contributed by atoms with E-state index in [1.807, 2.05) is 0 Å². The van der Waals surface area contributed by atoms with Crippen molar-refractivity contribution in [3.63, 3.8) is 0 Å². The number of hydrogen-bond donors (Lipinski definition) is 2. The molecule has 0 radical (unpaired) electrons. The molecule has 2 atom stereocenters. The SMILES string of the molecule is COC(=O)C1(C(=O)O)C=CCC(C(=O)O)(C(=O)OC)C1. The summed E-state index contributed by atoms with van der Waals surface area (Å²) in [5.41, 5.74) is -4.35. The van der Waals surface area contributed by atoms with E-state index in [1.54, 1.807) is 0 Å². The van der Waals surface area contributed by atoms with Crippen LogP contribution in [0.1, 0.15) is 12.8 Å². The van der Waals surface area contributed by atoms with E-state index in [2.05, 4.69) is 9.47 Å². The molecule has 0 bridgehead atoms. The molecule has 2 N–H and O–H groups in total. The molecule has 8 heteroatoms. The van der Waals surface area contributed by atoms with Gasteiger partial charge in [-0.05, 0) is 6.42 Å². The first-order valence-corrected chi connectivity index (χ1v) is 5.58. The second-order valence-corrected chi connectivity index (χ2v) is 4.43. The average Bonchev–Trinajstić information content (AvgIpc) is 2.44. The fourth-order valence-electron chi connectivity index (χ4n) is 2.23. The zero-order valence-corrected chi connectivity index (χ0v) is 10.9. The summed E-state index contributed by atoms with van der Waals surface area (Å²) < 4.78 is 8.87. The Morgan fingerprint density at radius 1 is 1.00 bits per heavy atom. The molecule has 2 unspecified atom stereocenters. The number of esters is 2. The molecular weight excluding hydrogens is 272 g/mol. The van der Waals surface area contributed by atoms with Crippen LogP contribution < -0.4 is 0 Å². The summed E-state index contributed by atoms with van der Waals surface area (Å²) in [7, 11) is 1.97. The summed E-state index contributed by atoms with van der Waals surface area (Å²) in [5.74, 6) is -5.39. The highest BCUT2D eigenvalue weighted by Crippen LogP contribution is 2.44. The van der Waals surface area contributed by atoms with E-state index in [4.69, 9.17) is 0 Å². The normalized spacial score (nSPS) is 28.5. The molecule has 0 aromatic heterocycles. The lowest BCUT2D eigenvalue weighted by molar-refractivity contribution is -0.175. The molecule has 110 valence electrons. The molecule has 0 aromatic carbocycles. The van der Waals surface area contributed by atoms with Gasteiger partial charge in [-0.15, -0.1) is 0 Å². The first kappa shape index (κ1) is 15.7. The van der Waals surface area contributed by atoms with Crippen LogP contribution >= 0.6 is 0 Å². The molecule has 0 amide bonds. The van der Waals surface area contributed by atoms with Crippen LogP contribution in [0.2, 0.25) is 0 Å². The Bertz CT molecular complexity index is 494. The lowest BCUT2D eigenvalue weighted by atomic mass is 9.65. The van der Waals surface area contributed by atoms with Gasteiger partial charge in [-0.25, -0.2) is 0 Å². The monoisotopic (exact) mass is 286 g/mol. The summed E-state index contributed by atoms with van der Waals surface area (Å²) in [5, 5.41) is 18.5. The van der Waals surface area contributed by atoms with Crippen molar-refractivity contribution in [1.82, 2.24) is 0 Å². The average molecular weight is 286 g/mol. The molecule has 0 fully saturated rings. The minimum atomic E-state index is -2.22. The van der Waals surface area contributed by atoms with Crippen molar-refractivity contribution in [3.05, 3.63) is 12.2 Å². The van der Waals surface area contributed by atoms with Crippen LogP contribution in [-0.4, -0.2) is 48.3 Å². The van der Waals surface area contributed by atoms with Crippen LogP contribution in [0.25, 0.3) is 0 Å². The Hall–Kier alpha value is -2.38. The fourth-order valence-corrected chi connectivity index (χ4v) is 2.23. The molecule has 0 aliphatic heterocycles. The van der Waals surface area contributed by atoms with E-state index >= 15 is 0 Å². The molecule has 0 saturated heterocycles. The number of carboxylic acids is 2. The van der Waals surface area contributed by atoms with Crippen LogP contribution in [0.15, 0.2) is 12.2 Å². The highest BCUT2D eigenvalue weighted by molar-refractivity contribution is 6.06. The molecule has 0 aromatic rings. The van der Waals surface area contributed by atoms with Gasteiger partial charge in [-0.2, -0.15) is 0 Å². The van der Waals surface area contributed by atoms with Crippen LogP contribution in [0.4, 0.5) is 0 Å². The van der Waals surface area contributed by atoms with Crippen LogP contribution in [0.5, 0.6) is 0 Å². The smallest absolute Gasteiger partial charge is 0.327 e. The van der Waals surface area contributed by atoms with Crippen molar-refractivity contribution in [1.29, 1.82) is 0 Å². The third-order valence-electron chi connectivity index (χ3n) is 3.37. The second-order valence-electron chi connectivity index (χ2n) is 4.43. The Labute approximate surface area is 114 Å². The Morgan fingerprint density at radius 2 is 1.55 bits per heavy atom. The number of ether oxygens (including phenoxy) is 2. The van der Waals surface area contributed by atoms with Crippen molar-refractivity contribution in [2.45, 2.75) is 12.8 Å². The first-order chi connectivity index (χ1) is 9.26. The lowest BCUT2D eigenvalue weighted by Gasteiger charge is -2.35. The van der Waals surface area contributed by atoms with Gasteiger partial charge in [-0.3, -0.25) is 19.2 Å². The van der Waals surface area contributed by atoms with Crippen molar-refractivity contribution < 1.29 is 38.9 Å². The summed E-state index contributed by atoms with van der Waals surface area (Å²) in [4.78, 5) is 46.3. The number of carboxylic acid groups (broad SMARTS) is 2. The fraction of sp³-hybridized carbons (Fsp3) is 0.500. The van der Waals surface area contributed by atoms with Gasteiger partial charge >= 0.3 is 23.9 Å². The van der Waals surface area contributed by atoms with Gasteiger partial charge in [0.05, 0.1) is 14.2 Å². The molecule has 0 saturated carbocycles. The maximum Gasteiger partial charge on any atom is 0.327 e. The largest absolute Gasteiger partial charge is 0.480 e. The highest BCUT2D eigenvalue weighted by atomic mass is 16.5. The quantitative estimate of drug-likeness (QED) is 0.414. The van der Waals surface area contributed by atoms with Gasteiger partial charge in [0.1, 0.15) is 0 Å². The number of aliphatic carboxylic acids is 2. The van der Waals surface area contributed by atoms with E-state index in [0.717, 1.165) is 20.3 Å². The molecule has 0 heterocycles. The van der Waals surface area contributed by atoms with Crippen molar-refractivity contribution in [2.24, 2.45) is 10.8 Å². The summed E-state index contributed by atoms with van der Waals surface area (Å²) in [6.45, 7) is 0. The van der Waals surface area contributed by atoms with Gasteiger partial charge in [0, 0.05) is 6.42 Å². The predicted molar refractivity (Wildman–Crippen MR) is 62.5 cm³/mol. The predicted octanol–water partition coefficient (Wildman–Crippen LogP) is -0.176. The third-order valence-corrected chi connectivity index (χ3v) is 3.37. The van der Waals surface area contributed by atoms with Gasteiger partial charge in [0.2, 0.25) is 0 Å². The number of hydrogen-bond acceptors (Lipinski definition) is 6. The van der Waals surface area contributed by atoms with Gasteiger partial charge < -0.3 is 19.7 Å². The minimum Gasteiger partial charge on any atom is -0.480 e. The maximum atomic E-state index is 11.8. The minimum absolute atomic E-state index is 0.263. The molecule has 8 nitrogen and oxygen atoms in total. The van der Waals surface area contributed by atoms with Gasteiger partial charge in [-0.1, -0.05) is 12.2 Å². The topological polar surface area (TPSA) is 127 Å². The van der Waals surface area contributed by atoms with Crippen LogP contribution in [-0.2, 0) is 28.7 Å². The number of carbonyl (C=O) groups excluding carboxylic acids is 2. The van der Waals surface area contributed by atoms with Gasteiger partial charge in [0.25, 0.3) is 0 Å². The molecule has 20 heavy (non-hydrogen) atoms. The van der Waals surface area contributed by atoms with Crippen molar-refractivity contribution >= 4 is 23.9 Å². The Kier molecular flexibility index (Phi) is 4.17. The molecule has 1 aliphatic rings. The van der Waals surface area contributed by atoms with E-state index in [-0.39, 0.29) is 6.42 Å². The van der Waals surface area contributed by atoms with Crippen LogP contribution in [0, 0.1) is 10.8 Å². The number of carbonyl (C=O) groups is 4. The number of allylic oxidation sites excluding steroid dienone is 1. The van der Waals surface area contributed by atoms with E-state index in [9.17, 15) is 29.4 Å². The van der Waals surface area contributed by atoms with Crippen molar-refractivity contribution in [2.75, 3.05) is 14.2 Å². The number of methoxy groups -OCH3 is 2. The standard InChI is InChI=1S/C12H14O8/c1-19-9(17)11(7(13)14)4-3-5-12(6-11,8(15)16)10(18)20-2/h3-4H,5-6H2,1-2H3,(H,13,14)(H,15,16). The maximum absolute atomic E-state index is 11.8. The zero-order chi connectivity index (χ0) is 15.6. The van der Waals surface area contributed by atoms with Gasteiger partial charge in [0.15, 0.2) is 10.8 Å². The molecular formula is C12H14O8. The summed E-state index contributed by atoms with van der Waals surface area (Å²) >= 11 is 0. The summed E-state index contributed by atoms with van der Waals surface area (Å²) in [6, 6.07) is 0. The third kappa shape index (κ3) is 2.13. The van der Waals surface area contributed by atoms with E-state index < -0.39 is 41.1 Å². The zero-order valence-electron chi connectivity index (χ0n) is 10.9. The van der Waals surface area contributed by atoms with Crippen LogP contribution in [0.3, 0.4) is 0 Å². The lowest BCUT2D eigenvalue weighted by Crippen LogP contribution is -2.51. The first-order valence-electron chi connectivity index (χ1n) is 5.58. The van der Waals surface area contributed by atoms with Crippen molar-refractivity contribution in [3.8, 4) is 0 Å². The Morgan fingerprint density at radius 3 is 1.95 bits per heavy atom. The summed E-state index contributed by atoms with van der Waals surface area (Å²) in [6.07, 6.45) is 1.19. The number of rotatable bonds is 4. The molecule has 1 aliphatic carbocycles. The highest BCUT2D eigenvalue weighted by Gasteiger charge is 2.60. The van der Waals surface area contributed by atoms with E-state index in [1.165, 1.54) is 6.08 Å². The Balaban J connectivity index is 3.41. The molecule has 0 spiro atoms.